The number of esters is 1. The summed E-state index contributed by atoms with van der Waals surface area (Å²) in [5, 5.41) is 8.95. The molecule has 1 aliphatic rings. The molecule has 0 aromatic carbocycles. The number of nitrogens with zero attached hydrogens (tertiary/aromatic N) is 1. The molecule has 5 heteroatoms. The average molecular weight is 231 g/mol. The Morgan fingerprint density at radius 2 is 2.44 bits per heavy atom. The summed E-state index contributed by atoms with van der Waals surface area (Å²) in [6, 6.07) is 0. The molecule has 1 fully saturated rings. The minimum absolute atomic E-state index is 0.00137. The maximum absolute atomic E-state index is 11.4. The summed E-state index contributed by atoms with van der Waals surface area (Å²) < 4.78 is 10.4. The number of aliphatic hydroxyl groups excluding tert-OH is 1. The van der Waals surface area contributed by atoms with Crippen molar-refractivity contribution in [3.05, 3.63) is 0 Å². The number of carbonyl (C=O) groups is 1. The molecule has 5 nitrogen and oxygen atoms in total. The van der Waals surface area contributed by atoms with E-state index in [-0.39, 0.29) is 18.7 Å². The largest absolute Gasteiger partial charge is 0.465 e. The first-order valence-corrected chi connectivity index (χ1v) is 5.86. The molecule has 0 aliphatic carbocycles. The summed E-state index contributed by atoms with van der Waals surface area (Å²) in [5.41, 5.74) is 0. The third-order valence-electron chi connectivity index (χ3n) is 2.54. The Bertz CT molecular complexity index is 210. The number of rotatable bonds is 6. The topological polar surface area (TPSA) is 59.0 Å². The van der Waals surface area contributed by atoms with Gasteiger partial charge < -0.3 is 14.6 Å². The van der Waals surface area contributed by atoms with Crippen LogP contribution in [0.25, 0.3) is 0 Å². The molecule has 1 unspecified atom stereocenters. The lowest BCUT2D eigenvalue weighted by Crippen LogP contribution is -2.46. The monoisotopic (exact) mass is 231 g/mol. The van der Waals surface area contributed by atoms with Crippen LogP contribution in [0.15, 0.2) is 0 Å². The Morgan fingerprint density at radius 1 is 1.62 bits per heavy atom. The first-order chi connectivity index (χ1) is 7.76. The van der Waals surface area contributed by atoms with Gasteiger partial charge in [0.05, 0.1) is 32.5 Å². The van der Waals surface area contributed by atoms with Crippen molar-refractivity contribution < 1.29 is 19.4 Å². The van der Waals surface area contributed by atoms with Crippen LogP contribution in [-0.4, -0.2) is 61.5 Å². The number of unbranched alkanes of at least 4 members (excludes halogenated alkanes) is 1. The molecule has 1 saturated heterocycles. The number of hydrogen-bond acceptors (Lipinski definition) is 5. The SMILES string of the molecule is CCCCOC(=O)CN1CCOC(CO)C1. The van der Waals surface area contributed by atoms with E-state index in [0.717, 1.165) is 19.4 Å². The van der Waals surface area contributed by atoms with E-state index in [1.807, 2.05) is 4.90 Å². The van der Waals surface area contributed by atoms with Crippen molar-refractivity contribution in [3.8, 4) is 0 Å². The molecule has 0 radical (unpaired) electrons. The van der Waals surface area contributed by atoms with E-state index >= 15 is 0 Å². The lowest BCUT2D eigenvalue weighted by atomic mass is 10.3. The Hall–Kier alpha value is -0.650. The van der Waals surface area contributed by atoms with Gasteiger partial charge in [0.25, 0.3) is 0 Å². The van der Waals surface area contributed by atoms with E-state index in [2.05, 4.69) is 6.92 Å². The van der Waals surface area contributed by atoms with Crippen LogP contribution in [0.1, 0.15) is 19.8 Å². The zero-order chi connectivity index (χ0) is 11.8. The summed E-state index contributed by atoms with van der Waals surface area (Å²) in [4.78, 5) is 13.4. The number of carbonyl (C=O) groups excluding carboxylic acids is 1. The summed E-state index contributed by atoms with van der Waals surface area (Å²) in [7, 11) is 0. The van der Waals surface area contributed by atoms with Gasteiger partial charge in [0.15, 0.2) is 0 Å². The van der Waals surface area contributed by atoms with Crippen molar-refractivity contribution in [1.82, 2.24) is 4.90 Å². The van der Waals surface area contributed by atoms with Gasteiger partial charge in [-0.25, -0.2) is 0 Å². The highest BCUT2D eigenvalue weighted by atomic mass is 16.5. The molecule has 0 spiro atoms. The van der Waals surface area contributed by atoms with E-state index in [1.54, 1.807) is 0 Å². The first-order valence-electron chi connectivity index (χ1n) is 5.86. The van der Waals surface area contributed by atoms with Crippen LogP contribution in [0.4, 0.5) is 0 Å². The van der Waals surface area contributed by atoms with Crippen molar-refractivity contribution in [3.63, 3.8) is 0 Å². The summed E-state index contributed by atoms with van der Waals surface area (Å²) in [6.45, 7) is 4.74. The highest BCUT2D eigenvalue weighted by molar-refractivity contribution is 5.71. The molecule has 0 amide bonds. The molecule has 0 aromatic rings. The van der Waals surface area contributed by atoms with Crippen molar-refractivity contribution in [2.24, 2.45) is 0 Å². The summed E-state index contributed by atoms with van der Waals surface area (Å²) in [5.74, 6) is -0.188. The zero-order valence-corrected chi connectivity index (χ0v) is 9.85. The molecule has 1 rings (SSSR count). The number of hydrogen-bond donors (Lipinski definition) is 1. The quantitative estimate of drug-likeness (QED) is 0.516. The van der Waals surface area contributed by atoms with Gasteiger partial charge in [-0.15, -0.1) is 0 Å². The minimum atomic E-state index is -0.188. The van der Waals surface area contributed by atoms with Gasteiger partial charge in [0.2, 0.25) is 0 Å². The molecule has 16 heavy (non-hydrogen) atoms. The standard InChI is InChI=1S/C11H21NO4/c1-2-3-5-16-11(14)8-12-4-6-15-10(7-12)9-13/h10,13H,2-9H2,1H3. The number of ether oxygens (including phenoxy) is 2. The van der Waals surface area contributed by atoms with Crippen molar-refractivity contribution in [2.75, 3.05) is 39.5 Å². The fourth-order valence-electron chi connectivity index (χ4n) is 1.59. The highest BCUT2D eigenvalue weighted by Crippen LogP contribution is 2.04. The Balaban J connectivity index is 2.17. The third kappa shape index (κ3) is 4.92. The predicted octanol–water partition coefficient (Wildman–Crippen LogP) is 0.0228. The second kappa shape index (κ2) is 7.60. The van der Waals surface area contributed by atoms with Crippen LogP contribution >= 0.6 is 0 Å². The Labute approximate surface area is 96.3 Å². The zero-order valence-electron chi connectivity index (χ0n) is 9.85. The second-order valence-electron chi connectivity index (χ2n) is 3.98. The Morgan fingerprint density at radius 3 is 3.12 bits per heavy atom. The molecule has 1 aliphatic heterocycles. The van der Waals surface area contributed by atoms with Gasteiger partial charge in [-0.05, 0) is 6.42 Å². The maximum Gasteiger partial charge on any atom is 0.320 e. The molecular formula is C11H21NO4. The van der Waals surface area contributed by atoms with Crippen LogP contribution in [0.2, 0.25) is 0 Å². The van der Waals surface area contributed by atoms with E-state index in [0.29, 0.717) is 26.3 Å². The molecule has 1 N–H and O–H groups in total. The van der Waals surface area contributed by atoms with Gasteiger partial charge >= 0.3 is 5.97 Å². The lowest BCUT2D eigenvalue weighted by Gasteiger charge is -2.31. The van der Waals surface area contributed by atoms with Crippen LogP contribution in [0.5, 0.6) is 0 Å². The van der Waals surface area contributed by atoms with Gasteiger partial charge in [0.1, 0.15) is 0 Å². The Kier molecular flexibility index (Phi) is 6.37. The van der Waals surface area contributed by atoms with Gasteiger partial charge in [-0.2, -0.15) is 0 Å². The van der Waals surface area contributed by atoms with E-state index < -0.39 is 0 Å². The first kappa shape index (κ1) is 13.4. The normalized spacial score (nSPS) is 22.0. The molecule has 94 valence electrons. The van der Waals surface area contributed by atoms with Gasteiger partial charge in [0, 0.05) is 13.1 Å². The number of morpholine rings is 1. The molecule has 0 bridgehead atoms. The average Bonchev–Trinajstić information content (AvgIpc) is 2.29. The predicted molar refractivity (Wildman–Crippen MR) is 59.1 cm³/mol. The van der Waals surface area contributed by atoms with Gasteiger partial charge in [-0.3, -0.25) is 9.69 Å². The van der Waals surface area contributed by atoms with Crippen molar-refractivity contribution in [2.45, 2.75) is 25.9 Å². The van der Waals surface area contributed by atoms with E-state index in [4.69, 9.17) is 14.6 Å². The minimum Gasteiger partial charge on any atom is -0.465 e. The second-order valence-corrected chi connectivity index (χ2v) is 3.98. The fourth-order valence-corrected chi connectivity index (χ4v) is 1.59. The maximum atomic E-state index is 11.4. The van der Waals surface area contributed by atoms with Crippen LogP contribution in [-0.2, 0) is 14.3 Å². The molecule has 0 saturated carbocycles. The highest BCUT2D eigenvalue weighted by Gasteiger charge is 2.21. The lowest BCUT2D eigenvalue weighted by molar-refractivity contribution is -0.147. The van der Waals surface area contributed by atoms with E-state index in [9.17, 15) is 4.79 Å². The van der Waals surface area contributed by atoms with E-state index in [1.165, 1.54) is 0 Å². The van der Waals surface area contributed by atoms with Crippen molar-refractivity contribution in [1.29, 1.82) is 0 Å². The summed E-state index contributed by atoms with van der Waals surface area (Å²) in [6.07, 6.45) is 1.77. The molecule has 1 atom stereocenters. The fraction of sp³-hybridized carbons (Fsp3) is 0.909. The third-order valence-corrected chi connectivity index (χ3v) is 2.54. The van der Waals surface area contributed by atoms with Crippen LogP contribution < -0.4 is 0 Å². The van der Waals surface area contributed by atoms with Crippen LogP contribution in [0, 0.1) is 0 Å². The van der Waals surface area contributed by atoms with Gasteiger partial charge in [-0.1, -0.05) is 13.3 Å². The molecule has 0 aromatic heterocycles. The summed E-state index contributed by atoms with van der Waals surface area (Å²) >= 11 is 0. The molecular weight excluding hydrogens is 210 g/mol. The smallest absolute Gasteiger partial charge is 0.320 e. The molecule has 1 heterocycles. The number of aliphatic hydroxyl groups is 1. The van der Waals surface area contributed by atoms with Crippen molar-refractivity contribution >= 4 is 5.97 Å². The van der Waals surface area contributed by atoms with Crippen LogP contribution in [0.3, 0.4) is 0 Å².